The topological polar surface area (TPSA) is 58.2 Å². The van der Waals surface area contributed by atoms with Crippen LogP contribution in [0.3, 0.4) is 0 Å². The Morgan fingerprint density at radius 3 is 2.90 bits per heavy atom. The van der Waals surface area contributed by atoms with Crippen molar-refractivity contribution >= 4 is 28.5 Å². The number of esters is 1. The number of halogens is 2. The van der Waals surface area contributed by atoms with E-state index in [4.69, 9.17) is 16.3 Å². The molecule has 158 valence electrons. The fourth-order valence-electron chi connectivity index (χ4n) is 4.60. The van der Waals surface area contributed by atoms with E-state index in [9.17, 15) is 4.79 Å². The summed E-state index contributed by atoms with van der Waals surface area (Å²) in [5, 5.41) is 1.42. The molecular formula is C23H25ClFN3O2. The van der Waals surface area contributed by atoms with Gasteiger partial charge in [0.1, 0.15) is 11.0 Å². The molecule has 0 amide bonds. The molecule has 1 aromatic carbocycles. The van der Waals surface area contributed by atoms with Crippen LogP contribution in [-0.2, 0) is 16.0 Å². The highest BCUT2D eigenvalue weighted by Crippen LogP contribution is 2.43. The summed E-state index contributed by atoms with van der Waals surface area (Å²) in [6.45, 7) is 6.17. The molecular weight excluding hydrogens is 405 g/mol. The van der Waals surface area contributed by atoms with Crippen LogP contribution in [0.5, 0.6) is 0 Å². The van der Waals surface area contributed by atoms with Crippen LogP contribution in [0, 0.1) is 18.7 Å². The number of hydrogen-bond acceptors (Lipinski definition) is 4. The number of benzene rings is 1. The van der Waals surface area contributed by atoms with Gasteiger partial charge in [-0.1, -0.05) is 36.7 Å². The molecule has 3 atom stereocenters. The van der Waals surface area contributed by atoms with Gasteiger partial charge in [0, 0.05) is 34.7 Å². The highest BCUT2D eigenvalue weighted by atomic mass is 35.5. The molecule has 3 aromatic rings. The van der Waals surface area contributed by atoms with Crippen LogP contribution in [0.2, 0.25) is 5.15 Å². The lowest BCUT2D eigenvalue weighted by atomic mass is 9.86. The summed E-state index contributed by atoms with van der Waals surface area (Å²) in [6, 6.07) is 7.78. The van der Waals surface area contributed by atoms with Crippen LogP contribution in [-0.4, -0.2) is 40.5 Å². The van der Waals surface area contributed by atoms with Gasteiger partial charge in [0.2, 0.25) is 0 Å². The van der Waals surface area contributed by atoms with Crippen molar-refractivity contribution in [2.45, 2.75) is 39.3 Å². The van der Waals surface area contributed by atoms with E-state index in [1.807, 2.05) is 25.1 Å². The first kappa shape index (κ1) is 20.8. The first-order chi connectivity index (χ1) is 14.3. The van der Waals surface area contributed by atoms with Crippen molar-refractivity contribution in [2.75, 3.05) is 13.7 Å². The van der Waals surface area contributed by atoms with Crippen molar-refractivity contribution in [3.8, 4) is 0 Å². The SMILES string of the molecule is COC(=O)[C@H](C)CN1[C@H](c2c(F)cnc(Cl)c2C)c2[nH]c3ccccc3c2C[C@H]1C. The molecule has 7 heteroatoms. The standard InChI is InChI=1S/C23H25ClFN3O2/c1-12(23(29)30-4)11-28-13(2)9-16-15-7-5-6-8-18(15)27-20(16)21(28)19-14(3)22(24)26-10-17(19)25/h5-8,10,12-13,21,27H,9,11H2,1-4H3/t12-,13-,21-/m1/s1. The summed E-state index contributed by atoms with van der Waals surface area (Å²) in [7, 11) is 1.39. The molecule has 3 heterocycles. The maximum atomic E-state index is 15.2. The largest absolute Gasteiger partial charge is 0.469 e. The Labute approximate surface area is 180 Å². The number of methoxy groups -OCH3 is 1. The lowest BCUT2D eigenvalue weighted by Gasteiger charge is -2.42. The van der Waals surface area contributed by atoms with Crippen LogP contribution in [0.4, 0.5) is 4.39 Å². The maximum Gasteiger partial charge on any atom is 0.309 e. The smallest absolute Gasteiger partial charge is 0.309 e. The van der Waals surface area contributed by atoms with E-state index >= 15 is 4.39 Å². The molecule has 1 aliphatic heterocycles. The van der Waals surface area contributed by atoms with E-state index in [0.29, 0.717) is 17.7 Å². The molecule has 2 aromatic heterocycles. The van der Waals surface area contributed by atoms with Crippen LogP contribution in [0.1, 0.15) is 42.3 Å². The number of nitrogens with one attached hydrogen (secondary N) is 1. The third kappa shape index (κ3) is 3.38. The molecule has 0 radical (unpaired) electrons. The number of H-pyrrole nitrogens is 1. The van der Waals surface area contributed by atoms with Crippen LogP contribution < -0.4 is 0 Å². The number of ether oxygens (including phenoxy) is 1. The summed E-state index contributed by atoms with van der Waals surface area (Å²) in [4.78, 5) is 21.8. The van der Waals surface area contributed by atoms with Gasteiger partial charge in [-0.05, 0) is 37.5 Å². The van der Waals surface area contributed by atoms with Gasteiger partial charge in [-0.15, -0.1) is 0 Å². The number of carbonyl (C=O) groups excluding carboxylic acids is 1. The quantitative estimate of drug-likeness (QED) is 0.477. The average molecular weight is 430 g/mol. The number of nitrogens with zero attached hydrogens (tertiary/aromatic N) is 2. The molecule has 5 nitrogen and oxygen atoms in total. The fraction of sp³-hybridized carbons (Fsp3) is 0.391. The number of rotatable bonds is 4. The van der Waals surface area contributed by atoms with E-state index in [1.165, 1.54) is 18.9 Å². The Kier molecular flexibility index (Phi) is 5.55. The summed E-state index contributed by atoms with van der Waals surface area (Å²) in [5.74, 6) is -1.05. The summed E-state index contributed by atoms with van der Waals surface area (Å²) < 4.78 is 20.1. The van der Waals surface area contributed by atoms with Gasteiger partial charge in [0.25, 0.3) is 0 Å². The van der Waals surface area contributed by atoms with Crippen molar-refractivity contribution in [2.24, 2.45) is 5.92 Å². The van der Waals surface area contributed by atoms with Gasteiger partial charge in [-0.25, -0.2) is 9.37 Å². The summed E-state index contributed by atoms with van der Waals surface area (Å²) in [5.41, 5.74) is 4.23. The number of carbonyl (C=O) groups is 1. The van der Waals surface area contributed by atoms with Crippen LogP contribution >= 0.6 is 11.6 Å². The molecule has 1 N–H and O–H groups in total. The van der Waals surface area contributed by atoms with Gasteiger partial charge in [0.05, 0.1) is 25.3 Å². The first-order valence-electron chi connectivity index (χ1n) is 10.1. The molecule has 0 saturated heterocycles. The zero-order chi connectivity index (χ0) is 21.6. The van der Waals surface area contributed by atoms with E-state index in [0.717, 1.165) is 23.0 Å². The fourth-order valence-corrected chi connectivity index (χ4v) is 4.75. The average Bonchev–Trinajstić information content (AvgIpc) is 3.10. The molecule has 0 unspecified atom stereocenters. The Hall–Kier alpha value is -2.44. The zero-order valence-electron chi connectivity index (χ0n) is 17.5. The Morgan fingerprint density at radius 2 is 2.17 bits per heavy atom. The minimum atomic E-state index is -0.413. The lowest BCUT2D eigenvalue weighted by Crippen LogP contribution is -2.46. The second-order valence-corrected chi connectivity index (χ2v) is 8.43. The number of para-hydroxylation sites is 1. The number of hydrogen-bond donors (Lipinski definition) is 1. The van der Waals surface area contributed by atoms with Gasteiger partial charge < -0.3 is 9.72 Å². The zero-order valence-corrected chi connectivity index (χ0v) is 18.3. The molecule has 30 heavy (non-hydrogen) atoms. The number of fused-ring (bicyclic) bond motifs is 3. The van der Waals surface area contributed by atoms with Crippen molar-refractivity contribution < 1.29 is 13.9 Å². The Balaban J connectivity index is 1.93. The molecule has 0 aliphatic carbocycles. The molecule has 0 fully saturated rings. The van der Waals surface area contributed by atoms with Gasteiger partial charge >= 0.3 is 5.97 Å². The van der Waals surface area contributed by atoms with Crippen LogP contribution in [0.15, 0.2) is 30.5 Å². The van der Waals surface area contributed by atoms with E-state index in [-0.39, 0.29) is 23.1 Å². The molecule has 0 spiro atoms. The normalized spacial score (nSPS) is 20.2. The predicted molar refractivity (Wildman–Crippen MR) is 115 cm³/mol. The van der Waals surface area contributed by atoms with Gasteiger partial charge in [0.15, 0.2) is 0 Å². The van der Waals surface area contributed by atoms with E-state index < -0.39 is 11.9 Å². The predicted octanol–water partition coefficient (Wildman–Crippen LogP) is 4.81. The summed E-state index contributed by atoms with van der Waals surface area (Å²) in [6.07, 6.45) is 1.97. The van der Waals surface area contributed by atoms with E-state index in [1.54, 1.807) is 6.92 Å². The minimum absolute atomic E-state index is 0.0829. The second-order valence-electron chi connectivity index (χ2n) is 8.08. The number of aromatic nitrogens is 2. The first-order valence-corrected chi connectivity index (χ1v) is 10.4. The number of aromatic amines is 1. The van der Waals surface area contributed by atoms with Crippen molar-refractivity contribution in [3.05, 3.63) is 63.8 Å². The Morgan fingerprint density at radius 1 is 1.43 bits per heavy atom. The maximum absolute atomic E-state index is 15.2. The molecule has 4 rings (SSSR count). The van der Waals surface area contributed by atoms with Crippen molar-refractivity contribution in [3.63, 3.8) is 0 Å². The minimum Gasteiger partial charge on any atom is -0.469 e. The molecule has 0 bridgehead atoms. The highest BCUT2D eigenvalue weighted by Gasteiger charge is 2.39. The van der Waals surface area contributed by atoms with E-state index in [2.05, 4.69) is 27.9 Å². The summed E-state index contributed by atoms with van der Waals surface area (Å²) >= 11 is 6.29. The van der Waals surface area contributed by atoms with Crippen molar-refractivity contribution in [1.29, 1.82) is 0 Å². The monoisotopic (exact) mass is 429 g/mol. The van der Waals surface area contributed by atoms with Crippen molar-refractivity contribution in [1.82, 2.24) is 14.9 Å². The molecule has 1 aliphatic rings. The highest BCUT2D eigenvalue weighted by molar-refractivity contribution is 6.30. The lowest BCUT2D eigenvalue weighted by molar-refractivity contribution is -0.145. The Bertz CT molecular complexity index is 1110. The molecule has 0 saturated carbocycles. The van der Waals surface area contributed by atoms with Gasteiger partial charge in [-0.3, -0.25) is 9.69 Å². The second kappa shape index (κ2) is 8.00. The third-order valence-electron chi connectivity index (χ3n) is 6.14. The van der Waals surface area contributed by atoms with Crippen LogP contribution in [0.25, 0.3) is 10.9 Å². The van der Waals surface area contributed by atoms with Gasteiger partial charge in [-0.2, -0.15) is 0 Å². The third-order valence-corrected chi connectivity index (χ3v) is 6.52. The number of pyridine rings is 1.